The number of nitrogens with one attached hydrogen (secondary N) is 1. The van der Waals surface area contributed by atoms with Crippen molar-refractivity contribution in [2.24, 2.45) is 5.73 Å². The van der Waals surface area contributed by atoms with Gasteiger partial charge in [-0.25, -0.2) is 4.98 Å². The number of carbonyl (C=O) groups excluding carboxylic acids is 1. The summed E-state index contributed by atoms with van der Waals surface area (Å²) in [5, 5.41) is 3.16. The summed E-state index contributed by atoms with van der Waals surface area (Å²) < 4.78 is 0. The van der Waals surface area contributed by atoms with Gasteiger partial charge in [0.05, 0.1) is 5.69 Å². The number of amides is 1. The van der Waals surface area contributed by atoms with Gasteiger partial charge in [0.2, 0.25) is 0 Å². The van der Waals surface area contributed by atoms with Crippen LogP contribution in [0.1, 0.15) is 22.3 Å². The Bertz CT molecular complexity index is 336. The predicted molar refractivity (Wildman–Crippen MR) is 57.2 cm³/mol. The number of anilines is 1. The quantitative estimate of drug-likeness (QED) is 0.665. The molecule has 0 aliphatic heterocycles. The summed E-state index contributed by atoms with van der Waals surface area (Å²) in [7, 11) is 0. The molecule has 0 radical (unpaired) electrons. The molecule has 0 aromatic carbocycles. The molecule has 0 unspecified atom stereocenters. The minimum atomic E-state index is -0.158. The lowest BCUT2D eigenvalue weighted by Crippen LogP contribution is -2.37. The molecule has 1 rings (SSSR count). The third kappa shape index (κ3) is 2.43. The fraction of sp³-hybridized carbons (Fsp3) is 0.500. The van der Waals surface area contributed by atoms with Gasteiger partial charge in [0.15, 0.2) is 5.13 Å². The van der Waals surface area contributed by atoms with Gasteiger partial charge in [-0.15, -0.1) is 0 Å². The Hall–Kier alpha value is -1.14. The summed E-state index contributed by atoms with van der Waals surface area (Å²) in [6, 6.07) is -0.0368. The Labute approximate surface area is 86.5 Å². The van der Waals surface area contributed by atoms with E-state index in [9.17, 15) is 4.79 Å². The molecule has 5 N–H and O–H groups in total. The molecule has 78 valence electrons. The molecule has 0 bridgehead atoms. The molecular formula is C8H14N4OS. The summed E-state index contributed by atoms with van der Waals surface area (Å²) in [5.41, 5.74) is 11.5. The van der Waals surface area contributed by atoms with E-state index in [0.717, 1.165) is 0 Å². The number of nitrogens with zero attached hydrogens (tertiary/aromatic N) is 1. The molecule has 14 heavy (non-hydrogen) atoms. The van der Waals surface area contributed by atoms with Crippen molar-refractivity contribution in [1.82, 2.24) is 10.3 Å². The first-order valence-electron chi connectivity index (χ1n) is 4.28. The number of rotatable bonds is 3. The monoisotopic (exact) mass is 214 g/mol. The Morgan fingerprint density at radius 3 is 2.79 bits per heavy atom. The third-order valence-corrected chi connectivity index (χ3v) is 2.74. The second-order valence-electron chi connectivity index (χ2n) is 3.08. The van der Waals surface area contributed by atoms with Gasteiger partial charge < -0.3 is 16.8 Å². The maximum atomic E-state index is 11.6. The number of aromatic nitrogens is 1. The van der Waals surface area contributed by atoms with E-state index in [1.165, 1.54) is 11.3 Å². The van der Waals surface area contributed by atoms with Crippen molar-refractivity contribution in [2.45, 2.75) is 19.9 Å². The van der Waals surface area contributed by atoms with E-state index in [4.69, 9.17) is 11.5 Å². The SMILES string of the molecule is Cc1nc(N)sc1C(=O)N[C@H](C)CN. The zero-order valence-corrected chi connectivity index (χ0v) is 9.02. The second kappa shape index (κ2) is 4.39. The number of nitrogen functional groups attached to an aromatic ring is 1. The second-order valence-corrected chi connectivity index (χ2v) is 4.11. The highest BCUT2D eigenvalue weighted by atomic mass is 32.1. The van der Waals surface area contributed by atoms with Crippen molar-refractivity contribution in [3.05, 3.63) is 10.6 Å². The fourth-order valence-corrected chi connectivity index (χ4v) is 1.71. The van der Waals surface area contributed by atoms with Crippen LogP contribution in [0.5, 0.6) is 0 Å². The third-order valence-electron chi connectivity index (χ3n) is 1.75. The van der Waals surface area contributed by atoms with Crippen LogP contribution in [-0.4, -0.2) is 23.5 Å². The minimum absolute atomic E-state index is 0.0368. The average molecular weight is 214 g/mol. The highest BCUT2D eigenvalue weighted by Crippen LogP contribution is 2.19. The Morgan fingerprint density at radius 1 is 1.71 bits per heavy atom. The molecule has 6 heteroatoms. The van der Waals surface area contributed by atoms with E-state index in [1.54, 1.807) is 6.92 Å². The van der Waals surface area contributed by atoms with Gasteiger partial charge in [0.25, 0.3) is 5.91 Å². The first-order valence-corrected chi connectivity index (χ1v) is 5.10. The normalized spacial score (nSPS) is 12.5. The molecule has 1 atom stereocenters. The average Bonchev–Trinajstić information content (AvgIpc) is 2.45. The van der Waals surface area contributed by atoms with E-state index in [0.29, 0.717) is 22.2 Å². The summed E-state index contributed by atoms with van der Waals surface area (Å²) in [4.78, 5) is 16.1. The van der Waals surface area contributed by atoms with E-state index < -0.39 is 0 Å². The maximum Gasteiger partial charge on any atom is 0.263 e. The first kappa shape index (κ1) is 10.9. The van der Waals surface area contributed by atoms with Gasteiger partial charge in [-0.2, -0.15) is 0 Å². The molecule has 0 spiro atoms. The number of nitrogens with two attached hydrogens (primary N) is 2. The van der Waals surface area contributed by atoms with Gasteiger partial charge in [-0.3, -0.25) is 4.79 Å². The highest BCUT2D eigenvalue weighted by Gasteiger charge is 2.15. The number of hydrogen-bond acceptors (Lipinski definition) is 5. The van der Waals surface area contributed by atoms with Crippen LogP contribution in [-0.2, 0) is 0 Å². The molecular weight excluding hydrogens is 200 g/mol. The van der Waals surface area contributed by atoms with Crippen LogP contribution in [0.3, 0.4) is 0 Å². The first-order chi connectivity index (χ1) is 6.54. The highest BCUT2D eigenvalue weighted by molar-refractivity contribution is 7.17. The van der Waals surface area contributed by atoms with Crippen molar-refractivity contribution >= 4 is 22.4 Å². The topological polar surface area (TPSA) is 94.0 Å². The van der Waals surface area contributed by atoms with E-state index in [1.807, 2.05) is 6.92 Å². The van der Waals surface area contributed by atoms with Crippen LogP contribution in [0, 0.1) is 6.92 Å². The molecule has 1 amide bonds. The van der Waals surface area contributed by atoms with Crippen molar-refractivity contribution in [3.8, 4) is 0 Å². The summed E-state index contributed by atoms with van der Waals surface area (Å²) in [5.74, 6) is -0.158. The van der Waals surface area contributed by atoms with Crippen molar-refractivity contribution in [3.63, 3.8) is 0 Å². The van der Waals surface area contributed by atoms with E-state index >= 15 is 0 Å². The Kier molecular flexibility index (Phi) is 3.43. The van der Waals surface area contributed by atoms with Crippen LogP contribution in [0.15, 0.2) is 0 Å². The minimum Gasteiger partial charge on any atom is -0.375 e. The van der Waals surface area contributed by atoms with E-state index in [2.05, 4.69) is 10.3 Å². The van der Waals surface area contributed by atoms with Gasteiger partial charge in [-0.1, -0.05) is 11.3 Å². The molecule has 1 aromatic heterocycles. The van der Waals surface area contributed by atoms with Crippen molar-refractivity contribution in [2.75, 3.05) is 12.3 Å². The molecule has 0 fully saturated rings. The van der Waals surface area contributed by atoms with Gasteiger partial charge >= 0.3 is 0 Å². The van der Waals surface area contributed by atoms with Crippen LogP contribution in [0.2, 0.25) is 0 Å². The molecule has 0 saturated carbocycles. The van der Waals surface area contributed by atoms with Crippen LogP contribution in [0.25, 0.3) is 0 Å². The molecule has 0 aliphatic rings. The molecule has 1 heterocycles. The zero-order chi connectivity index (χ0) is 10.7. The van der Waals surface area contributed by atoms with Crippen molar-refractivity contribution < 1.29 is 4.79 Å². The van der Waals surface area contributed by atoms with Crippen LogP contribution >= 0.6 is 11.3 Å². The molecule has 0 saturated heterocycles. The lowest BCUT2D eigenvalue weighted by atomic mass is 10.3. The zero-order valence-electron chi connectivity index (χ0n) is 8.20. The molecule has 1 aromatic rings. The van der Waals surface area contributed by atoms with Crippen molar-refractivity contribution in [1.29, 1.82) is 0 Å². The predicted octanol–water partition coefficient (Wildman–Crippen LogP) is 0.111. The van der Waals surface area contributed by atoms with Crippen LogP contribution < -0.4 is 16.8 Å². The molecule has 5 nitrogen and oxygen atoms in total. The Balaban J connectivity index is 2.74. The fourth-order valence-electron chi connectivity index (χ4n) is 0.976. The number of aryl methyl sites for hydroxylation is 1. The number of carbonyl (C=O) groups is 1. The Morgan fingerprint density at radius 2 is 2.36 bits per heavy atom. The smallest absolute Gasteiger partial charge is 0.263 e. The lowest BCUT2D eigenvalue weighted by Gasteiger charge is -2.09. The standard InChI is InChI=1S/C8H14N4OS/c1-4(3-9)11-7(13)6-5(2)12-8(10)14-6/h4H,3,9H2,1-2H3,(H2,10,12)(H,11,13)/t4-/m1/s1. The van der Waals surface area contributed by atoms with E-state index in [-0.39, 0.29) is 11.9 Å². The molecule has 0 aliphatic carbocycles. The lowest BCUT2D eigenvalue weighted by molar-refractivity contribution is 0.0944. The summed E-state index contributed by atoms with van der Waals surface area (Å²) >= 11 is 1.19. The summed E-state index contributed by atoms with van der Waals surface area (Å²) in [6.07, 6.45) is 0. The largest absolute Gasteiger partial charge is 0.375 e. The number of thiazole rings is 1. The number of hydrogen-bond donors (Lipinski definition) is 3. The van der Waals surface area contributed by atoms with Crippen LogP contribution in [0.4, 0.5) is 5.13 Å². The van der Waals surface area contributed by atoms with Gasteiger partial charge in [-0.05, 0) is 13.8 Å². The maximum absolute atomic E-state index is 11.6. The summed E-state index contributed by atoms with van der Waals surface area (Å²) in [6.45, 7) is 4.02. The van der Waals surface area contributed by atoms with Gasteiger partial charge in [0, 0.05) is 12.6 Å². The van der Waals surface area contributed by atoms with Gasteiger partial charge in [0.1, 0.15) is 4.88 Å².